The summed E-state index contributed by atoms with van der Waals surface area (Å²) in [4.78, 5) is 35.5. The van der Waals surface area contributed by atoms with E-state index in [1.807, 2.05) is 66.9 Å². The van der Waals surface area contributed by atoms with Crippen molar-refractivity contribution in [1.82, 2.24) is 14.5 Å². The van der Waals surface area contributed by atoms with Gasteiger partial charge in [0.2, 0.25) is 5.95 Å². The molecule has 5 aromatic rings. The summed E-state index contributed by atoms with van der Waals surface area (Å²) in [6, 6.07) is 23.5. The molecule has 0 unspecified atom stereocenters. The van der Waals surface area contributed by atoms with Crippen molar-refractivity contribution in [2.24, 2.45) is 0 Å². The molecule has 8 nitrogen and oxygen atoms in total. The first-order valence-electron chi connectivity index (χ1n) is 12.6. The number of carbonyl (C=O) groups excluding carboxylic acids is 2. The zero-order valence-electron chi connectivity index (χ0n) is 21.7. The second kappa shape index (κ2) is 12.4. The van der Waals surface area contributed by atoms with Gasteiger partial charge in [0.05, 0.1) is 5.69 Å². The third kappa shape index (κ3) is 6.41. The molecule has 0 radical (unpaired) electrons. The second-order valence-electron chi connectivity index (χ2n) is 8.83. The van der Waals surface area contributed by atoms with Crippen LogP contribution in [0.3, 0.4) is 0 Å². The summed E-state index contributed by atoms with van der Waals surface area (Å²) in [7, 11) is 0. The maximum absolute atomic E-state index is 13.5. The number of amides is 2. The molecule has 0 saturated heterocycles. The van der Waals surface area contributed by atoms with Gasteiger partial charge in [-0.05, 0) is 54.4 Å². The van der Waals surface area contributed by atoms with E-state index >= 15 is 0 Å². The molecule has 0 aliphatic carbocycles. The van der Waals surface area contributed by atoms with Crippen LogP contribution >= 0.6 is 11.3 Å². The fraction of sp³-hybridized carbons (Fsp3) is 0.133. The number of benzene rings is 2. The smallest absolute Gasteiger partial charge is 0.414 e. The van der Waals surface area contributed by atoms with E-state index in [1.54, 1.807) is 33.9 Å². The Kier molecular flexibility index (Phi) is 8.26. The fourth-order valence-electron chi connectivity index (χ4n) is 4.17. The molecule has 2 aromatic carbocycles. The number of halogens is 1. The number of nitrogens with zero attached hydrogens (tertiary/aromatic N) is 4. The molecule has 0 atom stereocenters. The van der Waals surface area contributed by atoms with Crippen molar-refractivity contribution < 1.29 is 18.7 Å². The highest BCUT2D eigenvalue weighted by atomic mass is 32.1. The van der Waals surface area contributed by atoms with E-state index in [-0.39, 0.29) is 12.5 Å². The topological polar surface area (TPSA) is 89.4 Å². The maximum Gasteiger partial charge on any atom is 0.414 e. The van der Waals surface area contributed by atoms with Crippen molar-refractivity contribution in [3.63, 3.8) is 0 Å². The van der Waals surface area contributed by atoms with Crippen LogP contribution in [0.15, 0.2) is 96.6 Å². The number of hydrogen-bond donors (Lipinski definition) is 1. The van der Waals surface area contributed by atoms with Gasteiger partial charge in [0.15, 0.2) is 5.13 Å². The van der Waals surface area contributed by atoms with Gasteiger partial charge >= 0.3 is 6.09 Å². The summed E-state index contributed by atoms with van der Waals surface area (Å²) in [6.07, 6.45) is 2.72. The molecule has 0 spiro atoms. The molecule has 3 heterocycles. The molecule has 2 amide bonds. The van der Waals surface area contributed by atoms with Crippen LogP contribution in [0.4, 0.5) is 20.0 Å². The normalized spacial score (nSPS) is 10.8. The van der Waals surface area contributed by atoms with Crippen molar-refractivity contribution in [2.45, 2.75) is 20.1 Å². The Bertz CT molecular complexity index is 1620. The van der Waals surface area contributed by atoms with Gasteiger partial charge in [-0.1, -0.05) is 42.5 Å². The Morgan fingerprint density at radius 3 is 2.67 bits per heavy atom. The average Bonchev–Trinajstić information content (AvgIpc) is 3.63. The van der Waals surface area contributed by atoms with Crippen LogP contribution in [-0.4, -0.2) is 33.1 Å². The summed E-state index contributed by atoms with van der Waals surface area (Å²) >= 11 is 1.30. The Morgan fingerprint density at radius 2 is 1.88 bits per heavy atom. The molecular formula is C30H26FN5O3S. The third-order valence-corrected chi connectivity index (χ3v) is 6.88. The van der Waals surface area contributed by atoms with E-state index in [9.17, 15) is 14.0 Å². The van der Waals surface area contributed by atoms with Gasteiger partial charge in [-0.2, -0.15) is 4.39 Å². The lowest BCUT2D eigenvalue weighted by Gasteiger charge is -2.21. The Balaban J connectivity index is 1.26. The van der Waals surface area contributed by atoms with E-state index in [0.717, 1.165) is 11.1 Å². The van der Waals surface area contributed by atoms with Crippen LogP contribution in [0.25, 0.3) is 11.3 Å². The number of ether oxygens (including phenoxy) is 1. The van der Waals surface area contributed by atoms with E-state index in [4.69, 9.17) is 4.74 Å². The van der Waals surface area contributed by atoms with Gasteiger partial charge in [0.25, 0.3) is 5.91 Å². The average molecular weight is 556 g/mol. The first-order chi connectivity index (χ1) is 19.5. The summed E-state index contributed by atoms with van der Waals surface area (Å²) in [5, 5.41) is 5.13. The van der Waals surface area contributed by atoms with Crippen molar-refractivity contribution in [1.29, 1.82) is 0 Å². The summed E-state index contributed by atoms with van der Waals surface area (Å²) in [6.45, 7) is 2.83. The summed E-state index contributed by atoms with van der Waals surface area (Å²) < 4.78 is 20.7. The SMILES string of the molecule is CCN(C(=O)OCc1ccccc1)c1cccc(-c2csc(NC(=O)c3cccn3Cc3ccnc(F)c3)n2)c1. The highest BCUT2D eigenvalue weighted by Crippen LogP contribution is 2.29. The van der Waals surface area contributed by atoms with E-state index < -0.39 is 12.0 Å². The van der Waals surface area contributed by atoms with Crippen molar-refractivity contribution in [3.8, 4) is 11.3 Å². The molecule has 0 aliphatic heterocycles. The van der Waals surface area contributed by atoms with Gasteiger partial charge in [0.1, 0.15) is 12.3 Å². The minimum atomic E-state index is -0.568. The minimum Gasteiger partial charge on any atom is -0.444 e. The van der Waals surface area contributed by atoms with E-state index in [1.165, 1.54) is 23.6 Å². The standard InChI is InChI=1S/C30H26FN5O3S/c1-2-36(30(38)39-19-21-8-4-3-5-9-21)24-11-6-10-23(17-24)25-20-40-29(33-25)34-28(37)26-12-7-15-35(26)18-22-13-14-32-27(31)16-22/h3-17,20H,2,18-19H2,1H3,(H,33,34,37). The molecule has 0 aliphatic rings. The highest BCUT2D eigenvalue weighted by molar-refractivity contribution is 7.14. The van der Waals surface area contributed by atoms with Crippen LogP contribution in [0.1, 0.15) is 28.5 Å². The van der Waals surface area contributed by atoms with Gasteiger partial charge in [0, 0.05) is 42.1 Å². The fourth-order valence-corrected chi connectivity index (χ4v) is 4.88. The summed E-state index contributed by atoms with van der Waals surface area (Å²) in [5.74, 6) is -0.895. The van der Waals surface area contributed by atoms with Crippen LogP contribution in [0.2, 0.25) is 0 Å². The number of pyridine rings is 1. The third-order valence-electron chi connectivity index (χ3n) is 6.13. The van der Waals surface area contributed by atoms with Crippen molar-refractivity contribution >= 4 is 34.2 Å². The zero-order valence-corrected chi connectivity index (χ0v) is 22.5. The largest absolute Gasteiger partial charge is 0.444 e. The molecule has 0 fully saturated rings. The highest BCUT2D eigenvalue weighted by Gasteiger charge is 2.18. The number of nitrogens with one attached hydrogen (secondary N) is 1. The lowest BCUT2D eigenvalue weighted by molar-refractivity contribution is 0.101. The number of thiazole rings is 1. The molecule has 1 N–H and O–H groups in total. The van der Waals surface area contributed by atoms with Crippen molar-refractivity contribution in [2.75, 3.05) is 16.8 Å². The Labute approximate surface area is 234 Å². The molecule has 202 valence electrons. The first kappa shape index (κ1) is 26.8. The van der Waals surface area contributed by atoms with Gasteiger partial charge < -0.3 is 9.30 Å². The molecule has 10 heteroatoms. The number of rotatable bonds is 9. The lowest BCUT2D eigenvalue weighted by atomic mass is 10.1. The Hall–Kier alpha value is -4.83. The monoisotopic (exact) mass is 555 g/mol. The van der Waals surface area contributed by atoms with Crippen LogP contribution < -0.4 is 10.2 Å². The number of anilines is 2. The van der Waals surface area contributed by atoms with E-state index in [2.05, 4.69) is 15.3 Å². The molecule has 0 bridgehead atoms. The van der Waals surface area contributed by atoms with Gasteiger partial charge in [-0.3, -0.25) is 15.0 Å². The van der Waals surface area contributed by atoms with Crippen LogP contribution in [0, 0.1) is 5.95 Å². The maximum atomic E-state index is 13.5. The number of carbonyl (C=O) groups is 2. The predicted octanol–water partition coefficient (Wildman–Crippen LogP) is 6.61. The zero-order chi connectivity index (χ0) is 27.9. The van der Waals surface area contributed by atoms with Crippen molar-refractivity contribution in [3.05, 3.63) is 119 Å². The molecule has 40 heavy (non-hydrogen) atoms. The second-order valence-corrected chi connectivity index (χ2v) is 9.69. The Morgan fingerprint density at radius 1 is 1.02 bits per heavy atom. The van der Waals surface area contributed by atoms with Gasteiger partial charge in [-0.25, -0.2) is 14.8 Å². The predicted molar refractivity (Wildman–Crippen MR) is 153 cm³/mol. The number of aromatic nitrogens is 3. The number of hydrogen-bond acceptors (Lipinski definition) is 6. The first-order valence-corrected chi connectivity index (χ1v) is 13.5. The molecule has 5 rings (SSSR count). The molecule has 0 saturated carbocycles. The van der Waals surface area contributed by atoms with Crippen LogP contribution in [-0.2, 0) is 17.9 Å². The quantitative estimate of drug-likeness (QED) is 0.207. The van der Waals surface area contributed by atoms with Crippen LogP contribution in [0.5, 0.6) is 0 Å². The van der Waals surface area contributed by atoms with E-state index in [0.29, 0.717) is 40.9 Å². The molecule has 3 aromatic heterocycles. The van der Waals surface area contributed by atoms with Gasteiger partial charge in [-0.15, -0.1) is 11.3 Å². The minimum absolute atomic E-state index is 0.188. The summed E-state index contributed by atoms with van der Waals surface area (Å²) in [5.41, 5.74) is 4.17. The molecular weight excluding hydrogens is 529 g/mol. The lowest BCUT2D eigenvalue weighted by Crippen LogP contribution is -2.31.